The second-order valence-electron chi connectivity index (χ2n) is 3.79. The van der Waals surface area contributed by atoms with Crippen LogP contribution in [0.4, 0.5) is 18.9 Å². The van der Waals surface area contributed by atoms with Crippen molar-refractivity contribution in [1.29, 1.82) is 0 Å². The number of rotatable bonds is 1. The summed E-state index contributed by atoms with van der Waals surface area (Å²) in [6.07, 6.45) is -1.87. The summed E-state index contributed by atoms with van der Waals surface area (Å²) < 4.78 is 37.4. The van der Waals surface area contributed by atoms with Gasteiger partial charge in [-0.25, -0.2) is 5.43 Å². The molecule has 2 rings (SSSR count). The van der Waals surface area contributed by atoms with Gasteiger partial charge in [0.05, 0.1) is 5.69 Å². The first-order valence-corrected chi connectivity index (χ1v) is 5.32. The Morgan fingerprint density at radius 2 is 2.06 bits per heavy atom. The highest BCUT2D eigenvalue weighted by Gasteiger charge is 2.41. The standard InChI is InChI=1S/C11H10ClF3N2/c1-7-2-3-8(12)6-9(7)17-5-4-10(16-17)11(13,14)15/h2-6,10,16H,1H3. The van der Waals surface area contributed by atoms with Crippen LogP contribution < -0.4 is 10.4 Å². The molecule has 0 saturated carbocycles. The molecule has 1 aliphatic rings. The predicted octanol–water partition coefficient (Wildman–Crippen LogP) is 3.42. The minimum absolute atomic E-state index is 0.483. The Labute approximate surface area is 102 Å². The van der Waals surface area contributed by atoms with Crippen LogP contribution in [0.5, 0.6) is 0 Å². The van der Waals surface area contributed by atoms with Crippen molar-refractivity contribution in [2.45, 2.75) is 19.1 Å². The minimum atomic E-state index is -4.29. The van der Waals surface area contributed by atoms with Gasteiger partial charge in [-0.1, -0.05) is 17.7 Å². The average molecular weight is 263 g/mol. The topological polar surface area (TPSA) is 15.3 Å². The molecule has 1 aliphatic heterocycles. The molecule has 1 aromatic carbocycles. The highest BCUT2D eigenvalue weighted by Crippen LogP contribution is 2.29. The fraction of sp³-hybridized carbons (Fsp3) is 0.273. The van der Waals surface area contributed by atoms with Crippen molar-refractivity contribution < 1.29 is 13.2 Å². The Bertz CT molecular complexity index is 457. The van der Waals surface area contributed by atoms with Crippen LogP contribution in [0.2, 0.25) is 5.02 Å². The zero-order valence-corrected chi connectivity index (χ0v) is 9.68. The summed E-state index contributed by atoms with van der Waals surface area (Å²) in [4.78, 5) is 0. The summed E-state index contributed by atoms with van der Waals surface area (Å²) in [6, 6.07) is 3.42. The number of hydrogen-bond donors (Lipinski definition) is 1. The van der Waals surface area contributed by atoms with Crippen LogP contribution in [-0.4, -0.2) is 12.2 Å². The molecular weight excluding hydrogens is 253 g/mol. The summed E-state index contributed by atoms with van der Waals surface area (Å²) in [7, 11) is 0. The van der Waals surface area contributed by atoms with Crippen LogP contribution in [0, 0.1) is 6.92 Å². The molecular formula is C11H10ClF3N2. The maximum atomic E-state index is 12.5. The van der Waals surface area contributed by atoms with E-state index < -0.39 is 12.2 Å². The van der Waals surface area contributed by atoms with Gasteiger partial charge in [0.2, 0.25) is 0 Å². The molecule has 2 nitrogen and oxygen atoms in total. The van der Waals surface area contributed by atoms with Gasteiger partial charge in [0.25, 0.3) is 0 Å². The van der Waals surface area contributed by atoms with Crippen LogP contribution in [0.1, 0.15) is 5.56 Å². The predicted molar refractivity (Wildman–Crippen MR) is 60.8 cm³/mol. The molecule has 0 fully saturated rings. The number of nitrogens with zero attached hydrogens (tertiary/aromatic N) is 1. The number of alkyl halides is 3. The van der Waals surface area contributed by atoms with E-state index in [4.69, 9.17) is 11.6 Å². The Morgan fingerprint density at radius 1 is 1.35 bits per heavy atom. The minimum Gasteiger partial charge on any atom is -0.283 e. The van der Waals surface area contributed by atoms with Gasteiger partial charge < -0.3 is 0 Å². The first-order chi connectivity index (χ1) is 7.88. The molecule has 0 amide bonds. The monoisotopic (exact) mass is 262 g/mol. The fourth-order valence-electron chi connectivity index (χ4n) is 1.58. The lowest BCUT2D eigenvalue weighted by Gasteiger charge is -2.22. The Hall–Kier alpha value is -1.20. The highest BCUT2D eigenvalue weighted by molar-refractivity contribution is 6.30. The SMILES string of the molecule is Cc1ccc(Cl)cc1N1C=CC(C(F)(F)F)N1. The summed E-state index contributed by atoms with van der Waals surface area (Å²) >= 11 is 5.82. The Balaban J connectivity index is 2.22. The third kappa shape index (κ3) is 2.56. The van der Waals surface area contributed by atoms with Crippen molar-refractivity contribution in [1.82, 2.24) is 5.43 Å². The summed E-state index contributed by atoms with van der Waals surface area (Å²) in [5.41, 5.74) is 3.81. The van der Waals surface area contributed by atoms with Gasteiger partial charge in [0.1, 0.15) is 6.04 Å². The maximum Gasteiger partial charge on any atom is 0.409 e. The van der Waals surface area contributed by atoms with Crippen molar-refractivity contribution in [3.05, 3.63) is 41.1 Å². The van der Waals surface area contributed by atoms with Gasteiger partial charge >= 0.3 is 6.18 Å². The molecule has 1 atom stereocenters. The molecule has 6 heteroatoms. The lowest BCUT2D eigenvalue weighted by atomic mass is 10.2. The normalized spacial score (nSPS) is 20.1. The van der Waals surface area contributed by atoms with E-state index in [0.29, 0.717) is 10.7 Å². The van der Waals surface area contributed by atoms with Gasteiger partial charge in [-0.05, 0) is 30.7 Å². The van der Waals surface area contributed by atoms with E-state index in [1.54, 1.807) is 18.2 Å². The smallest absolute Gasteiger partial charge is 0.283 e. The molecule has 0 aromatic heterocycles. The molecule has 0 aliphatic carbocycles. The van der Waals surface area contributed by atoms with Crippen molar-refractivity contribution in [2.75, 3.05) is 5.01 Å². The molecule has 1 N–H and O–H groups in total. The second-order valence-corrected chi connectivity index (χ2v) is 4.23. The number of anilines is 1. The first kappa shape index (κ1) is 12.3. The van der Waals surface area contributed by atoms with E-state index in [-0.39, 0.29) is 0 Å². The molecule has 1 heterocycles. The number of nitrogens with one attached hydrogen (secondary N) is 1. The Morgan fingerprint density at radius 3 is 2.65 bits per heavy atom. The number of hydrogen-bond acceptors (Lipinski definition) is 2. The lowest BCUT2D eigenvalue weighted by Crippen LogP contribution is -2.44. The molecule has 92 valence electrons. The third-order valence-corrected chi connectivity index (χ3v) is 2.72. The fourth-order valence-corrected chi connectivity index (χ4v) is 1.75. The molecule has 1 unspecified atom stereocenters. The number of halogens is 4. The lowest BCUT2D eigenvalue weighted by molar-refractivity contribution is -0.142. The molecule has 0 saturated heterocycles. The highest BCUT2D eigenvalue weighted by atomic mass is 35.5. The van der Waals surface area contributed by atoms with E-state index in [1.807, 2.05) is 6.92 Å². The molecule has 17 heavy (non-hydrogen) atoms. The van der Waals surface area contributed by atoms with E-state index in [2.05, 4.69) is 5.43 Å². The van der Waals surface area contributed by atoms with Crippen molar-refractivity contribution >= 4 is 17.3 Å². The summed E-state index contributed by atoms with van der Waals surface area (Å²) in [6.45, 7) is 1.81. The van der Waals surface area contributed by atoms with Crippen LogP contribution in [-0.2, 0) is 0 Å². The van der Waals surface area contributed by atoms with Crippen LogP contribution in [0.15, 0.2) is 30.5 Å². The van der Waals surface area contributed by atoms with Crippen LogP contribution in [0.3, 0.4) is 0 Å². The van der Waals surface area contributed by atoms with E-state index in [0.717, 1.165) is 11.6 Å². The summed E-state index contributed by atoms with van der Waals surface area (Å²) in [5, 5.41) is 1.82. The number of benzene rings is 1. The third-order valence-electron chi connectivity index (χ3n) is 2.49. The van der Waals surface area contributed by atoms with E-state index in [1.165, 1.54) is 11.2 Å². The van der Waals surface area contributed by atoms with Gasteiger partial charge in [0.15, 0.2) is 0 Å². The van der Waals surface area contributed by atoms with E-state index >= 15 is 0 Å². The van der Waals surface area contributed by atoms with Crippen LogP contribution in [0.25, 0.3) is 0 Å². The van der Waals surface area contributed by atoms with Gasteiger partial charge in [-0.2, -0.15) is 13.2 Å². The first-order valence-electron chi connectivity index (χ1n) is 4.94. The number of hydrazine groups is 1. The number of aryl methyl sites for hydroxylation is 1. The zero-order chi connectivity index (χ0) is 12.6. The second kappa shape index (κ2) is 4.23. The van der Waals surface area contributed by atoms with Gasteiger partial charge in [0, 0.05) is 11.2 Å². The van der Waals surface area contributed by atoms with E-state index in [9.17, 15) is 13.2 Å². The Kier molecular flexibility index (Phi) is 3.05. The molecule has 1 aromatic rings. The van der Waals surface area contributed by atoms with Crippen molar-refractivity contribution in [3.8, 4) is 0 Å². The molecule has 0 radical (unpaired) electrons. The quantitative estimate of drug-likeness (QED) is 0.834. The molecule has 0 bridgehead atoms. The zero-order valence-electron chi connectivity index (χ0n) is 8.92. The maximum absolute atomic E-state index is 12.5. The van der Waals surface area contributed by atoms with Gasteiger partial charge in [-0.3, -0.25) is 5.01 Å². The average Bonchev–Trinajstić information content (AvgIpc) is 2.70. The van der Waals surface area contributed by atoms with Crippen LogP contribution >= 0.6 is 11.6 Å². The molecule has 0 spiro atoms. The van der Waals surface area contributed by atoms with Crippen molar-refractivity contribution in [3.63, 3.8) is 0 Å². The largest absolute Gasteiger partial charge is 0.409 e. The van der Waals surface area contributed by atoms with Crippen molar-refractivity contribution in [2.24, 2.45) is 0 Å². The summed E-state index contributed by atoms with van der Waals surface area (Å²) in [5.74, 6) is 0. The van der Waals surface area contributed by atoms with Gasteiger partial charge in [-0.15, -0.1) is 0 Å².